The van der Waals surface area contributed by atoms with Crippen LogP contribution in [0.25, 0.3) is 11.3 Å². The minimum atomic E-state index is -0.620. The van der Waals surface area contributed by atoms with Crippen LogP contribution >= 0.6 is 0 Å². The smallest absolute Gasteiger partial charge is 0.167 e. The zero-order chi connectivity index (χ0) is 21.4. The maximum absolute atomic E-state index is 12.3. The third kappa shape index (κ3) is 2.68. The summed E-state index contributed by atoms with van der Waals surface area (Å²) >= 11 is 0. The van der Waals surface area contributed by atoms with E-state index in [1.54, 1.807) is 27.4 Å². The Labute approximate surface area is 175 Å². The quantitative estimate of drug-likeness (QED) is 0.705. The minimum Gasteiger partial charge on any atom is -0.493 e. The van der Waals surface area contributed by atoms with Crippen LogP contribution in [0.1, 0.15) is 28.3 Å². The Bertz CT molecular complexity index is 1100. The third-order valence-electron chi connectivity index (χ3n) is 5.73. The molecule has 1 unspecified atom stereocenters. The first-order valence-electron chi connectivity index (χ1n) is 9.49. The summed E-state index contributed by atoms with van der Waals surface area (Å²) in [6, 6.07) is 9.15. The number of benzene rings is 2. The van der Waals surface area contributed by atoms with Crippen molar-refractivity contribution in [3.63, 3.8) is 0 Å². The van der Waals surface area contributed by atoms with Crippen LogP contribution < -0.4 is 18.9 Å². The summed E-state index contributed by atoms with van der Waals surface area (Å²) in [6.07, 6.45) is 1.54. The van der Waals surface area contributed by atoms with Gasteiger partial charge in [-0.1, -0.05) is 0 Å². The number of aldehydes is 1. The summed E-state index contributed by atoms with van der Waals surface area (Å²) in [5, 5.41) is 10.1. The molecule has 0 amide bonds. The van der Waals surface area contributed by atoms with Crippen LogP contribution in [-0.4, -0.2) is 46.2 Å². The molecular weight excluding hydrogens is 384 g/mol. The molecule has 2 heterocycles. The summed E-state index contributed by atoms with van der Waals surface area (Å²) in [4.78, 5) is 14.3. The molecule has 1 atom stereocenters. The van der Waals surface area contributed by atoms with Crippen LogP contribution in [0.4, 0.5) is 0 Å². The van der Waals surface area contributed by atoms with E-state index in [1.807, 2.05) is 23.1 Å². The lowest BCUT2D eigenvalue weighted by Gasteiger charge is -2.42. The molecule has 2 aromatic rings. The van der Waals surface area contributed by atoms with Gasteiger partial charge in [-0.3, -0.25) is 4.79 Å². The molecule has 2 aromatic carbocycles. The van der Waals surface area contributed by atoms with E-state index in [9.17, 15) is 10.1 Å². The largest absolute Gasteiger partial charge is 0.493 e. The summed E-state index contributed by atoms with van der Waals surface area (Å²) < 4.78 is 21.9. The average molecular weight is 406 g/mol. The van der Waals surface area contributed by atoms with Gasteiger partial charge in [-0.25, -0.2) is 0 Å². The maximum Gasteiger partial charge on any atom is 0.167 e. The van der Waals surface area contributed by atoms with Gasteiger partial charge in [0.25, 0.3) is 0 Å². The summed E-state index contributed by atoms with van der Waals surface area (Å²) in [6.45, 7) is 0.577. The number of allylic oxidation sites excluding steroid dienone is 1. The maximum atomic E-state index is 12.3. The molecule has 0 saturated carbocycles. The highest BCUT2D eigenvalue weighted by molar-refractivity contribution is 6.19. The number of carbonyl (C=O) groups excluding carboxylic acids is 1. The van der Waals surface area contributed by atoms with Gasteiger partial charge >= 0.3 is 0 Å². The molecule has 7 heteroatoms. The van der Waals surface area contributed by atoms with Gasteiger partial charge in [0.2, 0.25) is 0 Å². The summed E-state index contributed by atoms with van der Waals surface area (Å²) in [7, 11) is 6.26. The first-order chi connectivity index (χ1) is 14.6. The number of methoxy groups -OCH3 is 4. The zero-order valence-electron chi connectivity index (χ0n) is 17.3. The van der Waals surface area contributed by atoms with E-state index in [0.29, 0.717) is 52.7 Å². The Morgan fingerprint density at radius 2 is 1.70 bits per heavy atom. The van der Waals surface area contributed by atoms with Crippen molar-refractivity contribution in [2.75, 3.05) is 35.0 Å². The first kappa shape index (κ1) is 19.6. The van der Waals surface area contributed by atoms with Gasteiger partial charge in [0.1, 0.15) is 6.04 Å². The van der Waals surface area contributed by atoms with Gasteiger partial charge in [-0.2, -0.15) is 5.26 Å². The topological polar surface area (TPSA) is 81.0 Å². The predicted molar refractivity (Wildman–Crippen MR) is 111 cm³/mol. The number of nitrogens with zero attached hydrogens (tertiary/aromatic N) is 2. The lowest BCUT2D eigenvalue weighted by atomic mass is 9.82. The fraction of sp³-hybridized carbons (Fsp3) is 0.304. The van der Waals surface area contributed by atoms with Gasteiger partial charge in [0.05, 0.1) is 40.2 Å². The second-order valence-corrected chi connectivity index (χ2v) is 6.98. The standard InChI is InChI=1S/C23H22N2O5/c1-27-18-6-5-14-16(12-26)22-15-10-20(29-3)19(28-2)9-13(15)7-8-25(22)17(11-24)21(14)23(18)30-4/h5-6,9-10,12,17H,7-8H2,1-4H3. The third-order valence-corrected chi connectivity index (χ3v) is 5.73. The van der Waals surface area contributed by atoms with Crippen molar-refractivity contribution in [3.05, 3.63) is 46.5 Å². The minimum absolute atomic E-state index is 0.470. The van der Waals surface area contributed by atoms with E-state index < -0.39 is 6.04 Å². The van der Waals surface area contributed by atoms with Crippen molar-refractivity contribution in [3.8, 4) is 29.1 Å². The van der Waals surface area contributed by atoms with Crippen LogP contribution in [0.2, 0.25) is 0 Å². The molecule has 0 aromatic heterocycles. The highest BCUT2D eigenvalue weighted by atomic mass is 16.5. The molecule has 0 spiro atoms. The number of ether oxygens (including phenoxy) is 4. The second-order valence-electron chi connectivity index (χ2n) is 6.98. The molecule has 0 saturated heterocycles. The molecule has 0 bridgehead atoms. The molecule has 154 valence electrons. The molecule has 2 aliphatic heterocycles. The predicted octanol–water partition coefficient (Wildman–Crippen LogP) is 3.22. The van der Waals surface area contributed by atoms with Crippen molar-refractivity contribution in [1.82, 2.24) is 4.90 Å². The van der Waals surface area contributed by atoms with Gasteiger partial charge in [-0.15, -0.1) is 0 Å². The van der Waals surface area contributed by atoms with E-state index in [4.69, 9.17) is 18.9 Å². The Morgan fingerprint density at radius 3 is 2.30 bits per heavy atom. The van der Waals surface area contributed by atoms with Crippen LogP contribution in [0, 0.1) is 11.3 Å². The number of rotatable bonds is 5. The fourth-order valence-electron chi connectivity index (χ4n) is 4.41. The molecule has 0 radical (unpaired) electrons. The van der Waals surface area contributed by atoms with Crippen molar-refractivity contribution >= 4 is 17.6 Å². The van der Waals surface area contributed by atoms with E-state index in [0.717, 1.165) is 23.1 Å². The van der Waals surface area contributed by atoms with Crippen LogP contribution in [0.5, 0.6) is 23.0 Å². The van der Waals surface area contributed by atoms with Gasteiger partial charge in [0.15, 0.2) is 29.3 Å². The zero-order valence-corrected chi connectivity index (χ0v) is 17.3. The molecule has 2 aliphatic rings. The Morgan fingerprint density at radius 1 is 1.00 bits per heavy atom. The van der Waals surface area contributed by atoms with Crippen LogP contribution in [0.3, 0.4) is 0 Å². The Kier molecular flexibility index (Phi) is 5.00. The molecule has 0 fully saturated rings. The molecule has 4 rings (SSSR count). The highest BCUT2D eigenvalue weighted by Crippen LogP contribution is 2.51. The lowest BCUT2D eigenvalue weighted by Crippen LogP contribution is -2.36. The van der Waals surface area contributed by atoms with Gasteiger partial charge in [0, 0.05) is 23.2 Å². The second kappa shape index (κ2) is 7.64. The SMILES string of the molecule is COc1cc2c(cc1OC)C1=C(C=O)c3ccc(OC)c(OC)c3C(C#N)N1CC2. The van der Waals surface area contributed by atoms with Crippen molar-refractivity contribution < 1.29 is 23.7 Å². The molecule has 0 N–H and O–H groups in total. The monoisotopic (exact) mass is 406 g/mol. The van der Waals surface area contributed by atoms with E-state index in [1.165, 1.54) is 7.11 Å². The molecule has 7 nitrogen and oxygen atoms in total. The number of fused-ring (bicyclic) bond motifs is 4. The van der Waals surface area contributed by atoms with E-state index >= 15 is 0 Å². The molecule has 0 aliphatic carbocycles. The van der Waals surface area contributed by atoms with Crippen LogP contribution in [0.15, 0.2) is 24.3 Å². The van der Waals surface area contributed by atoms with E-state index in [-0.39, 0.29) is 0 Å². The highest BCUT2D eigenvalue weighted by Gasteiger charge is 2.39. The van der Waals surface area contributed by atoms with E-state index in [2.05, 4.69) is 6.07 Å². The van der Waals surface area contributed by atoms with Crippen molar-refractivity contribution in [2.24, 2.45) is 0 Å². The first-order valence-corrected chi connectivity index (χ1v) is 9.49. The van der Waals surface area contributed by atoms with Crippen LogP contribution in [-0.2, 0) is 11.2 Å². The Hall–Kier alpha value is -3.66. The molecular formula is C23H22N2O5. The van der Waals surface area contributed by atoms with Gasteiger partial charge in [-0.05, 0) is 41.8 Å². The number of hydrogen-bond acceptors (Lipinski definition) is 7. The normalized spacial score (nSPS) is 16.6. The fourth-order valence-corrected chi connectivity index (χ4v) is 4.41. The van der Waals surface area contributed by atoms with Crippen molar-refractivity contribution in [2.45, 2.75) is 12.5 Å². The van der Waals surface area contributed by atoms with Gasteiger partial charge < -0.3 is 23.8 Å². The number of hydrogen-bond donors (Lipinski definition) is 0. The Balaban J connectivity index is 2.06. The summed E-state index contributed by atoms with van der Waals surface area (Å²) in [5.41, 5.74) is 4.45. The van der Waals surface area contributed by atoms with Crippen molar-refractivity contribution in [1.29, 1.82) is 5.26 Å². The average Bonchev–Trinajstić information content (AvgIpc) is 2.80. The summed E-state index contributed by atoms with van der Waals surface area (Å²) in [5.74, 6) is 2.20. The lowest BCUT2D eigenvalue weighted by molar-refractivity contribution is -0.103. The number of carbonyl (C=O) groups is 1. The number of nitriles is 1. The molecule has 30 heavy (non-hydrogen) atoms.